The van der Waals surface area contributed by atoms with Crippen LogP contribution < -0.4 is 10.6 Å². The van der Waals surface area contributed by atoms with E-state index in [1.165, 1.54) is 0 Å². The highest BCUT2D eigenvalue weighted by atomic mass is 16.5. The van der Waals surface area contributed by atoms with Crippen LogP contribution in [-0.2, 0) is 9.53 Å². The molecule has 124 valence electrons. The third-order valence-corrected chi connectivity index (χ3v) is 3.04. The predicted octanol–water partition coefficient (Wildman–Crippen LogP) is 2.38. The van der Waals surface area contributed by atoms with Crippen molar-refractivity contribution in [3.05, 3.63) is 0 Å². The lowest BCUT2D eigenvalue weighted by Crippen LogP contribution is -2.49. The third-order valence-electron chi connectivity index (χ3n) is 3.04. The average Bonchev–Trinajstić information content (AvgIpc) is 2.30. The van der Waals surface area contributed by atoms with Gasteiger partial charge in [-0.25, -0.2) is 4.79 Å². The Labute approximate surface area is 127 Å². The second-order valence-corrected chi connectivity index (χ2v) is 6.54. The number of aliphatic carboxylic acids is 1. The highest BCUT2D eigenvalue weighted by Gasteiger charge is 2.28. The van der Waals surface area contributed by atoms with Crippen molar-refractivity contribution in [3.63, 3.8) is 0 Å². The van der Waals surface area contributed by atoms with Crippen LogP contribution in [0.1, 0.15) is 53.9 Å². The Hall–Kier alpha value is -1.30. The molecule has 0 aliphatic heterocycles. The van der Waals surface area contributed by atoms with Crippen molar-refractivity contribution in [2.24, 2.45) is 5.41 Å². The minimum Gasteiger partial charge on any atom is -0.481 e. The summed E-state index contributed by atoms with van der Waals surface area (Å²) in [6.07, 6.45) is 1.86. The Morgan fingerprint density at radius 3 is 2.29 bits per heavy atom. The second kappa shape index (κ2) is 9.60. The van der Waals surface area contributed by atoms with Gasteiger partial charge in [0, 0.05) is 19.2 Å². The number of amides is 2. The summed E-state index contributed by atoms with van der Waals surface area (Å²) in [6, 6.07) is -0.722. The van der Waals surface area contributed by atoms with E-state index in [9.17, 15) is 9.59 Å². The van der Waals surface area contributed by atoms with Gasteiger partial charge in [-0.2, -0.15) is 0 Å². The Bertz CT molecular complexity index is 324. The fourth-order valence-corrected chi connectivity index (χ4v) is 1.71. The van der Waals surface area contributed by atoms with Crippen molar-refractivity contribution in [2.45, 2.75) is 66.0 Å². The largest absolute Gasteiger partial charge is 0.481 e. The summed E-state index contributed by atoms with van der Waals surface area (Å²) in [5.74, 6) is -0.916. The van der Waals surface area contributed by atoms with Crippen molar-refractivity contribution in [1.29, 1.82) is 0 Å². The summed E-state index contributed by atoms with van der Waals surface area (Å²) in [5, 5.41) is 14.4. The maximum atomic E-state index is 11.8. The van der Waals surface area contributed by atoms with Crippen LogP contribution in [0, 0.1) is 5.41 Å². The molecule has 0 aromatic heterocycles. The molecule has 6 heteroatoms. The molecule has 0 saturated heterocycles. The number of carboxylic acids is 1. The van der Waals surface area contributed by atoms with Gasteiger partial charge in [-0.05, 0) is 32.1 Å². The van der Waals surface area contributed by atoms with Crippen LogP contribution in [0.25, 0.3) is 0 Å². The van der Waals surface area contributed by atoms with Crippen molar-refractivity contribution in [3.8, 4) is 0 Å². The first-order chi connectivity index (χ1) is 9.62. The average molecular weight is 302 g/mol. The van der Waals surface area contributed by atoms with Gasteiger partial charge in [0.05, 0.1) is 12.5 Å². The summed E-state index contributed by atoms with van der Waals surface area (Å²) in [5.41, 5.74) is -0.305. The summed E-state index contributed by atoms with van der Waals surface area (Å²) < 4.78 is 5.41. The standard InChI is InChI=1S/C15H30N2O4/c1-11(2)21-9-7-6-8-16-14(20)17-12(10-13(18)19)15(3,4)5/h11-12H,6-10H2,1-5H3,(H,18,19)(H2,16,17,20). The number of hydrogen-bond donors (Lipinski definition) is 3. The second-order valence-electron chi connectivity index (χ2n) is 6.54. The number of nitrogens with one attached hydrogen (secondary N) is 2. The fourth-order valence-electron chi connectivity index (χ4n) is 1.71. The molecule has 0 fully saturated rings. The van der Waals surface area contributed by atoms with Crippen LogP contribution >= 0.6 is 0 Å². The van der Waals surface area contributed by atoms with Gasteiger partial charge < -0.3 is 20.5 Å². The van der Waals surface area contributed by atoms with Gasteiger partial charge in [0.25, 0.3) is 0 Å². The monoisotopic (exact) mass is 302 g/mol. The molecule has 0 bridgehead atoms. The molecular weight excluding hydrogens is 272 g/mol. The highest BCUT2D eigenvalue weighted by Crippen LogP contribution is 2.21. The molecule has 21 heavy (non-hydrogen) atoms. The number of rotatable bonds is 9. The number of carbonyl (C=O) groups excluding carboxylic acids is 1. The lowest BCUT2D eigenvalue weighted by molar-refractivity contribution is -0.138. The normalized spacial score (nSPS) is 13.0. The fraction of sp³-hybridized carbons (Fsp3) is 0.867. The van der Waals surface area contributed by atoms with E-state index in [0.717, 1.165) is 12.8 Å². The quantitative estimate of drug-likeness (QED) is 0.571. The maximum Gasteiger partial charge on any atom is 0.315 e. The number of ether oxygens (including phenoxy) is 1. The summed E-state index contributed by atoms with van der Waals surface area (Å²) in [7, 11) is 0. The molecule has 0 aliphatic carbocycles. The number of hydrogen-bond acceptors (Lipinski definition) is 3. The highest BCUT2D eigenvalue weighted by molar-refractivity contribution is 5.75. The molecule has 0 aromatic rings. The first-order valence-corrected chi connectivity index (χ1v) is 7.50. The zero-order valence-corrected chi connectivity index (χ0v) is 13.9. The third kappa shape index (κ3) is 11.1. The van der Waals surface area contributed by atoms with E-state index in [2.05, 4.69) is 10.6 Å². The van der Waals surface area contributed by atoms with Crippen molar-refractivity contribution >= 4 is 12.0 Å². The van der Waals surface area contributed by atoms with E-state index >= 15 is 0 Å². The molecule has 1 unspecified atom stereocenters. The molecule has 0 spiro atoms. The van der Waals surface area contributed by atoms with Crippen LogP contribution in [0.15, 0.2) is 0 Å². The molecule has 0 aromatic carbocycles. The summed E-state index contributed by atoms with van der Waals surface area (Å²) in [6.45, 7) is 10.9. The summed E-state index contributed by atoms with van der Waals surface area (Å²) in [4.78, 5) is 22.6. The smallest absolute Gasteiger partial charge is 0.315 e. The maximum absolute atomic E-state index is 11.8. The van der Waals surface area contributed by atoms with Crippen LogP contribution in [0.5, 0.6) is 0 Å². The Morgan fingerprint density at radius 1 is 1.19 bits per heavy atom. The van der Waals surface area contributed by atoms with E-state index in [-0.39, 0.29) is 24.0 Å². The number of urea groups is 1. The molecule has 0 aliphatic rings. The SMILES string of the molecule is CC(C)OCCCCNC(=O)NC(CC(=O)O)C(C)(C)C. The first kappa shape index (κ1) is 19.7. The van der Waals surface area contributed by atoms with E-state index in [4.69, 9.17) is 9.84 Å². The zero-order valence-electron chi connectivity index (χ0n) is 13.9. The van der Waals surface area contributed by atoms with Gasteiger partial charge in [-0.3, -0.25) is 4.79 Å². The topological polar surface area (TPSA) is 87.7 Å². The molecule has 0 radical (unpaired) electrons. The molecule has 1 atom stereocenters. The van der Waals surface area contributed by atoms with E-state index < -0.39 is 12.0 Å². The lowest BCUT2D eigenvalue weighted by atomic mass is 9.85. The van der Waals surface area contributed by atoms with Gasteiger partial charge in [-0.15, -0.1) is 0 Å². The number of carbonyl (C=O) groups is 2. The van der Waals surface area contributed by atoms with Crippen LogP contribution in [-0.4, -0.2) is 42.4 Å². The van der Waals surface area contributed by atoms with Crippen LogP contribution in [0.3, 0.4) is 0 Å². The van der Waals surface area contributed by atoms with Crippen molar-refractivity contribution in [1.82, 2.24) is 10.6 Å². The lowest BCUT2D eigenvalue weighted by Gasteiger charge is -2.30. The molecule has 0 heterocycles. The predicted molar refractivity (Wildman–Crippen MR) is 82.4 cm³/mol. The molecule has 0 saturated carbocycles. The Kier molecular flexibility index (Phi) is 9.01. The number of carboxylic acid groups (broad SMARTS) is 1. The molecule has 2 amide bonds. The Balaban J connectivity index is 3.96. The number of unbranched alkanes of at least 4 members (excludes halogenated alkanes) is 1. The zero-order chi connectivity index (χ0) is 16.5. The van der Waals surface area contributed by atoms with Gasteiger partial charge in [0.15, 0.2) is 0 Å². The molecule has 3 N–H and O–H groups in total. The van der Waals surface area contributed by atoms with Crippen molar-refractivity contribution < 1.29 is 19.4 Å². The van der Waals surface area contributed by atoms with Crippen LogP contribution in [0.2, 0.25) is 0 Å². The van der Waals surface area contributed by atoms with Gasteiger partial charge >= 0.3 is 12.0 Å². The molecule has 0 rings (SSSR count). The minimum absolute atomic E-state index is 0.0842. The van der Waals surface area contributed by atoms with E-state index in [1.54, 1.807) is 0 Å². The minimum atomic E-state index is -0.916. The van der Waals surface area contributed by atoms with Crippen LogP contribution in [0.4, 0.5) is 4.79 Å². The Morgan fingerprint density at radius 2 is 1.81 bits per heavy atom. The molecular formula is C15H30N2O4. The van der Waals surface area contributed by atoms with Crippen molar-refractivity contribution in [2.75, 3.05) is 13.2 Å². The first-order valence-electron chi connectivity index (χ1n) is 7.50. The van der Waals surface area contributed by atoms with Gasteiger partial charge in [0.1, 0.15) is 0 Å². The van der Waals surface area contributed by atoms with Gasteiger partial charge in [-0.1, -0.05) is 20.8 Å². The van der Waals surface area contributed by atoms with E-state index in [1.807, 2.05) is 34.6 Å². The van der Waals surface area contributed by atoms with E-state index in [0.29, 0.717) is 13.2 Å². The summed E-state index contributed by atoms with van der Waals surface area (Å²) >= 11 is 0. The van der Waals surface area contributed by atoms with Gasteiger partial charge in [0.2, 0.25) is 0 Å². The molecule has 6 nitrogen and oxygen atoms in total.